The van der Waals surface area contributed by atoms with Crippen molar-refractivity contribution < 1.29 is 14.6 Å². The zero-order valence-corrected chi connectivity index (χ0v) is 16.8. The monoisotopic (exact) mass is 407 g/mol. The van der Waals surface area contributed by atoms with Crippen LogP contribution in [-0.4, -0.2) is 42.9 Å². The molecule has 4 aromatic rings. The van der Waals surface area contributed by atoms with Gasteiger partial charge in [0.25, 0.3) is 0 Å². The van der Waals surface area contributed by atoms with Gasteiger partial charge in [0.05, 0.1) is 24.2 Å². The molecule has 4 rings (SSSR count). The standard InChI is InChI=1S/C20H17N5O3S/c1-11-16(13-7-5-4-6-8-13)24-25(20-23-15(10-29-20)18(26)27)17(11)14-9-21-19(28-3)22-12(14)2/h4-10H,1-3H3,(H,26,27). The Bertz CT molecular complexity index is 1200. The lowest BCUT2D eigenvalue weighted by Gasteiger charge is -2.09. The van der Waals surface area contributed by atoms with Crippen LogP contribution in [0.4, 0.5) is 0 Å². The molecule has 1 aromatic carbocycles. The maximum absolute atomic E-state index is 11.3. The Balaban J connectivity index is 1.97. The smallest absolute Gasteiger partial charge is 0.355 e. The molecule has 0 atom stereocenters. The van der Waals surface area contributed by atoms with Gasteiger partial charge < -0.3 is 9.84 Å². The molecule has 0 saturated heterocycles. The Labute approximate surface area is 170 Å². The second-order valence-electron chi connectivity index (χ2n) is 6.28. The average molecular weight is 407 g/mol. The van der Waals surface area contributed by atoms with Crippen LogP contribution in [0.1, 0.15) is 21.7 Å². The number of aromatic carboxylic acids is 1. The SMILES string of the molecule is COc1ncc(-c2c(C)c(-c3ccccc3)nn2-c2nc(C(=O)O)cs2)c(C)n1. The number of methoxy groups -OCH3 is 1. The molecule has 0 spiro atoms. The molecular formula is C20H17N5O3S. The van der Waals surface area contributed by atoms with Crippen LogP contribution in [0.25, 0.3) is 27.6 Å². The molecule has 29 heavy (non-hydrogen) atoms. The molecule has 0 aliphatic rings. The van der Waals surface area contributed by atoms with E-state index in [1.54, 1.807) is 10.9 Å². The average Bonchev–Trinajstić information content (AvgIpc) is 3.34. The van der Waals surface area contributed by atoms with Crippen molar-refractivity contribution in [3.8, 4) is 33.7 Å². The van der Waals surface area contributed by atoms with E-state index < -0.39 is 5.97 Å². The molecule has 3 heterocycles. The van der Waals surface area contributed by atoms with E-state index in [9.17, 15) is 9.90 Å². The number of thiazole rings is 1. The molecular weight excluding hydrogens is 390 g/mol. The summed E-state index contributed by atoms with van der Waals surface area (Å²) in [6, 6.07) is 10.1. The lowest BCUT2D eigenvalue weighted by atomic mass is 10.0. The van der Waals surface area contributed by atoms with Gasteiger partial charge >= 0.3 is 12.0 Å². The first-order chi connectivity index (χ1) is 14.0. The van der Waals surface area contributed by atoms with Crippen molar-refractivity contribution in [3.63, 3.8) is 0 Å². The summed E-state index contributed by atoms with van der Waals surface area (Å²) >= 11 is 1.21. The number of carboxylic acid groups (broad SMARTS) is 1. The minimum Gasteiger partial charge on any atom is -0.476 e. The second kappa shape index (κ2) is 7.44. The quantitative estimate of drug-likeness (QED) is 0.537. The summed E-state index contributed by atoms with van der Waals surface area (Å²) < 4.78 is 6.77. The zero-order chi connectivity index (χ0) is 20.5. The molecule has 0 saturated carbocycles. The zero-order valence-electron chi connectivity index (χ0n) is 15.9. The fraction of sp³-hybridized carbons (Fsp3) is 0.150. The van der Waals surface area contributed by atoms with Gasteiger partial charge in [0.1, 0.15) is 0 Å². The van der Waals surface area contributed by atoms with Crippen molar-refractivity contribution in [2.45, 2.75) is 13.8 Å². The van der Waals surface area contributed by atoms with Crippen molar-refractivity contribution in [1.29, 1.82) is 0 Å². The first kappa shape index (κ1) is 18.8. The van der Waals surface area contributed by atoms with E-state index in [1.165, 1.54) is 23.8 Å². The van der Waals surface area contributed by atoms with Gasteiger partial charge in [0, 0.05) is 28.3 Å². The molecule has 3 aromatic heterocycles. The lowest BCUT2D eigenvalue weighted by molar-refractivity contribution is 0.0691. The fourth-order valence-corrected chi connectivity index (χ4v) is 3.81. The summed E-state index contributed by atoms with van der Waals surface area (Å²) in [5, 5.41) is 16.0. The van der Waals surface area contributed by atoms with Crippen LogP contribution in [-0.2, 0) is 0 Å². The minimum atomic E-state index is -1.08. The molecule has 0 aliphatic heterocycles. The molecule has 0 bridgehead atoms. The minimum absolute atomic E-state index is 0.0203. The molecule has 0 unspecified atom stereocenters. The van der Waals surface area contributed by atoms with E-state index in [4.69, 9.17) is 9.84 Å². The summed E-state index contributed by atoms with van der Waals surface area (Å²) in [4.78, 5) is 24.1. The molecule has 1 N–H and O–H groups in total. The first-order valence-corrected chi connectivity index (χ1v) is 9.59. The number of aryl methyl sites for hydroxylation is 1. The van der Waals surface area contributed by atoms with Gasteiger partial charge in [0.15, 0.2) is 5.69 Å². The topological polar surface area (TPSA) is 103 Å². The van der Waals surface area contributed by atoms with Gasteiger partial charge in [-0.2, -0.15) is 10.1 Å². The van der Waals surface area contributed by atoms with Crippen LogP contribution in [0.5, 0.6) is 6.01 Å². The summed E-state index contributed by atoms with van der Waals surface area (Å²) in [5.74, 6) is -1.08. The van der Waals surface area contributed by atoms with Crippen LogP contribution in [0.3, 0.4) is 0 Å². The second-order valence-corrected chi connectivity index (χ2v) is 7.11. The van der Waals surface area contributed by atoms with E-state index in [0.29, 0.717) is 5.13 Å². The van der Waals surface area contributed by atoms with E-state index in [1.807, 2.05) is 44.2 Å². The molecule has 9 heteroatoms. The third-order valence-corrected chi connectivity index (χ3v) is 5.27. The number of ether oxygens (including phenoxy) is 1. The van der Waals surface area contributed by atoms with E-state index in [-0.39, 0.29) is 11.7 Å². The predicted molar refractivity (Wildman–Crippen MR) is 109 cm³/mol. The summed E-state index contributed by atoms with van der Waals surface area (Å²) in [5.41, 5.74) is 4.87. The highest BCUT2D eigenvalue weighted by atomic mass is 32.1. The number of aromatic nitrogens is 5. The third kappa shape index (κ3) is 3.36. The third-order valence-electron chi connectivity index (χ3n) is 4.46. The predicted octanol–water partition coefficient (Wildman–Crippen LogP) is 3.78. The largest absolute Gasteiger partial charge is 0.476 e. The maximum Gasteiger partial charge on any atom is 0.355 e. The van der Waals surface area contributed by atoms with Crippen molar-refractivity contribution in [1.82, 2.24) is 24.7 Å². The van der Waals surface area contributed by atoms with Crippen molar-refractivity contribution in [2.75, 3.05) is 7.11 Å². The van der Waals surface area contributed by atoms with E-state index in [2.05, 4.69) is 15.0 Å². The normalized spacial score (nSPS) is 10.9. The number of carbonyl (C=O) groups is 1. The molecule has 0 radical (unpaired) electrons. The highest BCUT2D eigenvalue weighted by Gasteiger charge is 2.23. The van der Waals surface area contributed by atoms with Gasteiger partial charge in [-0.3, -0.25) is 0 Å². The first-order valence-electron chi connectivity index (χ1n) is 8.72. The molecule has 146 valence electrons. The van der Waals surface area contributed by atoms with Gasteiger partial charge in [-0.05, 0) is 13.8 Å². The van der Waals surface area contributed by atoms with Crippen LogP contribution < -0.4 is 4.74 Å². The summed E-state index contributed by atoms with van der Waals surface area (Å²) in [6.45, 7) is 3.83. The van der Waals surface area contributed by atoms with Crippen LogP contribution in [0, 0.1) is 13.8 Å². The summed E-state index contributed by atoms with van der Waals surface area (Å²) in [7, 11) is 1.51. The Kier molecular flexibility index (Phi) is 4.81. The Morgan fingerprint density at radius 3 is 2.55 bits per heavy atom. The van der Waals surface area contributed by atoms with Gasteiger partial charge in [-0.25, -0.2) is 19.4 Å². The van der Waals surface area contributed by atoms with E-state index in [0.717, 1.165) is 33.8 Å². The molecule has 8 nitrogen and oxygen atoms in total. The van der Waals surface area contributed by atoms with Gasteiger partial charge in [-0.1, -0.05) is 30.3 Å². The van der Waals surface area contributed by atoms with E-state index >= 15 is 0 Å². The van der Waals surface area contributed by atoms with Crippen LogP contribution in [0.15, 0.2) is 41.9 Å². The highest BCUT2D eigenvalue weighted by molar-refractivity contribution is 7.12. The molecule has 0 fully saturated rings. The Morgan fingerprint density at radius 2 is 1.93 bits per heavy atom. The lowest BCUT2D eigenvalue weighted by Crippen LogP contribution is -2.04. The highest BCUT2D eigenvalue weighted by Crippen LogP contribution is 2.35. The number of nitrogens with zero attached hydrogens (tertiary/aromatic N) is 5. The number of benzene rings is 1. The summed E-state index contributed by atoms with van der Waals surface area (Å²) in [6.07, 6.45) is 1.68. The van der Waals surface area contributed by atoms with Crippen LogP contribution >= 0.6 is 11.3 Å². The van der Waals surface area contributed by atoms with Gasteiger partial charge in [-0.15, -0.1) is 11.3 Å². The van der Waals surface area contributed by atoms with Gasteiger partial charge in [0.2, 0.25) is 5.13 Å². The number of hydrogen-bond donors (Lipinski definition) is 1. The van der Waals surface area contributed by atoms with Crippen molar-refractivity contribution in [3.05, 3.63) is 58.9 Å². The number of rotatable bonds is 5. The molecule has 0 amide bonds. The Morgan fingerprint density at radius 1 is 1.17 bits per heavy atom. The Hall–Kier alpha value is -3.59. The molecule has 0 aliphatic carbocycles. The number of hydrogen-bond acceptors (Lipinski definition) is 7. The van der Waals surface area contributed by atoms with Crippen molar-refractivity contribution in [2.24, 2.45) is 0 Å². The van der Waals surface area contributed by atoms with Crippen LogP contribution in [0.2, 0.25) is 0 Å². The maximum atomic E-state index is 11.3. The van der Waals surface area contributed by atoms with Crippen molar-refractivity contribution >= 4 is 17.3 Å². The number of carboxylic acids is 1. The fourth-order valence-electron chi connectivity index (χ4n) is 3.06.